The van der Waals surface area contributed by atoms with Crippen LogP contribution in [0.2, 0.25) is 0 Å². The van der Waals surface area contributed by atoms with Crippen LogP contribution in [0.5, 0.6) is 11.5 Å². The number of benzene rings is 2. The van der Waals surface area contributed by atoms with Crippen molar-refractivity contribution in [3.63, 3.8) is 0 Å². The molecule has 0 fully saturated rings. The first-order valence-corrected chi connectivity index (χ1v) is 8.37. The third-order valence-electron chi connectivity index (χ3n) is 3.26. The first kappa shape index (κ1) is 17.2. The van der Waals surface area contributed by atoms with Crippen LogP contribution in [0.1, 0.15) is 0 Å². The number of hydrogen-bond acceptors (Lipinski definition) is 4. The minimum absolute atomic E-state index is 0.0335. The van der Waals surface area contributed by atoms with Gasteiger partial charge in [-0.3, -0.25) is 0 Å². The summed E-state index contributed by atoms with van der Waals surface area (Å²) in [5.74, 6) is -0.118. The molecule has 0 aliphatic heterocycles. The average molecular weight is 339 g/mol. The second-order valence-corrected chi connectivity index (χ2v) is 6.77. The van der Waals surface area contributed by atoms with Gasteiger partial charge in [0.1, 0.15) is 17.3 Å². The number of hydrogen-bond donors (Lipinski definition) is 0. The molecule has 23 heavy (non-hydrogen) atoms. The van der Waals surface area contributed by atoms with Crippen LogP contribution >= 0.6 is 0 Å². The molecule has 5 nitrogen and oxygen atoms in total. The number of para-hydroxylation sites is 2. The normalized spacial score (nSPS) is 11.5. The van der Waals surface area contributed by atoms with Crippen LogP contribution in [-0.4, -0.2) is 40.0 Å². The van der Waals surface area contributed by atoms with E-state index < -0.39 is 15.8 Å². The zero-order valence-corrected chi connectivity index (χ0v) is 13.7. The second kappa shape index (κ2) is 7.43. The van der Waals surface area contributed by atoms with Crippen LogP contribution in [0.4, 0.5) is 4.39 Å². The fourth-order valence-corrected chi connectivity index (χ4v) is 3.27. The molecule has 0 bridgehead atoms. The molecule has 2 aromatic rings. The Morgan fingerprint density at radius 2 is 1.65 bits per heavy atom. The molecule has 0 radical (unpaired) electrons. The van der Waals surface area contributed by atoms with Crippen LogP contribution in [-0.2, 0) is 10.0 Å². The maximum absolute atomic E-state index is 13.4. The van der Waals surface area contributed by atoms with Crippen molar-refractivity contribution in [2.75, 3.05) is 27.3 Å². The van der Waals surface area contributed by atoms with Crippen molar-refractivity contribution in [2.45, 2.75) is 4.90 Å². The average Bonchev–Trinajstić information content (AvgIpc) is 2.56. The Kier molecular flexibility index (Phi) is 5.57. The Morgan fingerprint density at radius 1 is 1.04 bits per heavy atom. The summed E-state index contributed by atoms with van der Waals surface area (Å²) in [6, 6.07) is 12.3. The Bertz CT molecular complexity index is 764. The summed E-state index contributed by atoms with van der Waals surface area (Å²) in [6.07, 6.45) is 0. The number of sulfonamides is 1. The fourth-order valence-electron chi connectivity index (χ4n) is 1.97. The first-order valence-electron chi connectivity index (χ1n) is 6.93. The van der Waals surface area contributed by atoms with Crippen molar-refractivity contribution < 1.29 is 22.3 Å². The topological polar surface area (TPSA) is 55.8 Å². The first-order chi connectivity index (χ1) is 11.0. The number of nitrogens with zero attached hydrogens (tertiary/aromatic N) is 1. The lowest BCUT2D eigenvalue weighted by molar-refractivity contribution is 0.275. The lowest BCUT2D eigenvalue weighted by Crippen LogP contribution is -2.31. The highest BCUT2D eigenvalue weighted by atomic mass is 32.2. The van der Waals surface area contributed by atoms with Crippen LogP contribution < -0.4 is 9.47 Å². The molecule has 0 unspecified atom stereocenters. The summed E-state index contributed by atoms with van der Waals surface area (Å²) >= 11 is 0. The van der Waals surface area contributed by atoms with Gasteiger partial charge < -0.3 is 9.47 Å². The molecule has 0 aliphatic rings. The molecular weight excluding hydrogens is 321 g/mol. The number of ether oxygens (including phenoxy) is 2. The van der Waals surface area contributed by atoms with Crippen molar-refractivity contribution >= 4 is 10.0 Å². The summed E-state index contributed by atoms with van der Waals surface area (Å²) in [5.41, 5.74) is 0. The van der Waals surface area contributed by atoms with Gasteiger partial charge in [0.05, 0.1) is 7.11 Å². The van der Waals surface area contributed by atoms with Gasteiger partial charge in [-0.2, -0.15) is 4.31 Å². The lowest BCUT2D eigenvalue weighted by Gasteiger charge is -2.19. The summed E-state index contributed by atoms with van der Waals surface area (Å²) in [7, 11) is -0.862. The molecule has 0 saturated heterocycles. The van der Waals surface area contributed by atoms with Gasteiger partial charge in [0.25, 0.3) is 0 Å². The summed E-state index contributed by atoms with van der Waals surface area (Å²) < 4.78 is 50.0. The zero-order valence-electron chi connectivity index (χ0n) is 12.9. The van der Waals surface area contributed by atoms with E-state index in [0.29, 0.717) is 0 Å². The molecule has 0 aliphatic carbocycles. The van der Waals surface area contributed by atoms with Gasteiger partial charge in [0.15, 0.2) is 11.6 Å². The minimum atomic E-state index is -3.71. The molecular formula is C16H18FNO4S. The Hall–Kier alpha value is -2.12. The van der Waals surface area contributed by atoms with E-state index in [4.69, 9.17) is 9.47 Å². The van der Waals surface area contributed by atoms with E-state index in [2.05, 4.69) is 0 Å². The van der Waals surface area contributed by atoms with E-state index in [1.165, 1.54) is 32.4 Å². The highest BCUT2D eigenvalue weighted by molar-refractivity contribution is 7.89. The van der Waals surface area contributed by atoms with E-state index >= 15 is 0 Å². The van der Waals surface area contributed by atoms with Gasteiger partial charge >= 0.3 is 0 Å². The van der Waals surface area contributed by atoms with Crippen LogP contribution in [0.15, 0.2) is 53.4 Å². The molecule has 0 atom stereocenters. The monoisotopic (exact) mass is 339 g/mol. The van der Waals surface area contributed by atoms with Crippen molar-refractivity contribution in [3.8, 4) is 11.5 Å². The Labute approximate surface area is 135 Å². The van der Waals surface area contributed by atoms with Crippen molar-refractivity contribution in [1.82, 2.24) is 4.31 Å². The van der Waals surface area contributed by atoms with Gasteiger partial charge in [-0.15, -0.1) is 0 Å². The molecule has 124 valence electrons. The van der Waals surface area contributed by atoms with Crippen LogP contribution in [0.3, 0.4) is 0 Å². The highest BCUT2D eigenvalue weighted by Crippen LogP contribution is 2.25. The van der Waals surface area contributed by atoms with Gasteiger partial charge in [-0.25, -0.2) is 12.8 Å². The fraction of sp³-hybridized carbons (Fsp3) is 0.250. The van der Waals surface area contributed by atoms with Crippen molar-refractivity contribution in [2.24, 2.45) is 0 Å². The minimum Gasteiger partial charge on any atom is -0.495 e. The molecule has 2 rings (SSSR count). The van der Waals surface area contributed by atoms with Crippen molar-refractivity contribution in [3.05, 3.63) is 54.3 Å². The van der Waals surface area contributed by atoms with Crippen LogP contribution in [0, 0.1) is 5.82 Å². The molecule has 0 saturated carbocycles. The number of likely N-dealkylation sites (N-methyl/N-ethyl adjacent to an activating group) is 1. The Morgan fingerprint density at radius 3 is 2.30 bits per heavy atom. The molecule has 0 aromatic heterocycles. The van der Waals surface area contributed by atoms with E-state index in [9.17, 15) is 12.8 Å². The third kappa shape index (κ3) is 4.00. The van der Waals surface area contributed by atoms with E-state index in [-0.39, 0.29) is 29.5 Å². The van der Waals surface area contributed by atoms with Crippen molar-refractivity contribution in [1.29, 1.82) is 0 Å². The SMILES string of the molecule is COc1ccccc1S(=O)(=O)N(C)CCOc1ccccc1F. The van der Waals surface area contributed by atoms with Gasteiger partial charge in [-0.1, -0.05) is 24.3 Å². The smallest absolute Gasteiger partial charge is 0.246 e. The summed E-state index contributed by atoms with van der Waals surface area (Å²) in [5, 5.41) is 0. The highest BCUT2D eigenvalue weighted by Gasteiger charge is 2.24. The van der Waals surface area contributed by atoms with Gasteiger partial charge in [0, 0.05) is 13.6 Å². The second-order valence-electron chi connectivity index (χ2n) is 4.76. The quantitative estimate of drug-likeness (QED) is 0.778. The predicted molar refractivity (Wildman–Crippen MR) is 84.7 cm³/mol. The number of rotatable bonds is 7. The third-order valence-corrected chi connectivity index (χ3v) is 5.15. The van der Waals surface area contributed by atoms with Gasteiger partial charge in [-0.05, 0) is 24.3 Å². The summed E-state index contributed by atoms with van der Waals surface area (Å²) in [4.78, 5) is 0.0795. The lowest BCUT2D eigenvalue weighted by atomic mass is 10.3. The number of methoxy groups -OCH3 is 1. The zero-order chi connectivity index (χ0) is 16.9. The van der Waals surface area contributed by atoms with E-state index in [1.54, 1.807) is 30.3 Å². The predicted octanol–water partition coefficient (Wildman–Crippen LogP) is 2.53. The largest absolute Gasteiger partial charge is 0.495 e. The Balaban J connectivity index is 2.05. The molecule has 2 aromatic carbocycles. The standard InChI is InChI=1S/C16H18FNO4S/c1-18(11-12-22-14-8-4-3-7-13(14)17)23(19,20)16-10-6-5-9-15(16)21-2/h3-10H,11-12H2,1-2H3. The summed E-state index contributed by atoms with van der Waals surface area (Å²) in [6.45, 7) is 0.112. The maximum atomic E-state index is 13.4. The molecule has 0 N–H and O–H groups in total. The molecule has 0 heterocycles. The van der Waals surface area contributed by atoms with E-state index in [1.807, 2.05) is 0 Å². The molecule has 7 heteroatoms. The van der Waals surface area contributed by atoms with Gasteiger partial charge in [0.2, 0.25) is 10.0 Å². The maximum Gasteiger partial charge on any atom is 0.246 e. The number of halogens is 1. The molecule has 0 amide bonds. The van der Waals surface area contributed by atoms with E-state index in [0.717, 1.165) is 4.31 Å². The molecule has 0 spiro atoms. The van der Waals surface area contributed by atoms with Crippen LogP contribution in [0.25, 0.3) is 0 Å².